The zero-order chi connectivity index (χ0) is 25.2. The van der Waals surface area contributed by atoms with E-state index in [9.17, 15) is 10.2 Å². The topological polar surface area (TPSA) is 77.4 Å². The Hall–Kier alpha value is -2.84. The SMILES string of the molecule is C=CCC1(O)O[C@H](CO)[C@@H](OCc2ccccc2)[C@H](OCc2ccccc2)[C@H]1OCc1ccccc1. The highest BCUT2D eigenvalue weighted by molar-refractivity contribution is 5.16. The monoisotopic (exact) mass is 490 g/mol. The largest absolute Gasteiger partial charge is 0.394 e. The van der Waals surface area contributed by atoms with Crippen LogP contribution >= 0.6 is 0 Å². The Balaban J connectivity index is 1.63. The van der Waals surface area contributed by atoms with Crippen molar-refractivity contribution in [2.24, 2.45) is 0 Å². The van der Waals surface area contributed by atoms with E-state index in [-0.39, 0.29) is 26.2 Å². The van der Waals surface area contributed by atoms with Gasteiger partial charge >= 0.3 is 0 Å². The zero-order valence-electron chi connectivity index (χ0n) is 20.3. The molecule has 0 bridgehead atoms. The van der Waals surface area contributed by atoms with E-state index in [0.29, 0.717) is 6.61 Å². The highest BCUT2D eigenvalue weighted by Gasteiger charge is 2.55. The van der Waals surface area contributed by atoms with Crippen molar-refractivity contribution < 1.29 is 29.2 Å². The van der Waals surface area contributed by atoms with Crippen LogP contribution in [0.1, 0.15) is 23.1 Å². The van der Waals surface area contributed by atoms with Gasteiger partial charge in [0, 0.05) is 6.42 Å². The Morgan fingerprint density at radius 2 is 1.17 bits per heavy atom. The van der Waals surface area contributed by atoms with E-state index < -0.39 is 30.2 Å². The van der Waals surface area contributed by atoms with Gasteiger partial charge in [0.05, 0.1) is 26.4 Å². The second-order valence-electron chi connectivity index (χ2n) is 8.92. The standard InChI is InChI=1S/C30H34O6/c1-2-18-30(32)29(35-22-25-16-10-5-11-17-25)28(34-21-24-14-8-4-9-15-24)27(26(19-31)36-30)33-20-23-12-6-3-7-13-23/h2-17,26-29,31-32H,1,18-22H2/t26-,27-,28+,29-,30?/m1/s1. The predicted molar refractivity (Wildman–Crippen MR) is 137 cm³/mol. The number of hydrogen-bond donors (Lipinski definition) is 2. The third kappa shape index (κ3) is 6.68. The molecule has 6 heteroatoms. The van der Waals surface area contributed by atoms with E-state index in [0.717, 1.165) is 16.7 Å². The summed E-state index contributed by atoms with van der Waals surface area (Å²) in [5, 5.41) is 21.8. The van der Waals surface area contributed by atoms with Crippen molar-refractivity contribution >= 4 is 0 Å². The zero-order valence-corrected chi connectivity index (χ0v) is 20.3. The lowest BCUT2D eigenvalue weighted by atomic mass is 9.89. The van der Waals surface area contributed by atoms with Crippen molar-refractivity contribution in [2.45, 2.75) is 56.4 Å². The average Bonchev–Trinajstić information content (AvgIpc) is 2.92. The minimum absolute atomic E-state index is 0.0968. The molecule has 0 saturated carbocycles. The number of ether oxygens (including phenoxy) is 4. The molecule has 3 aromatic carbocycles. The van der Waals surface area contributed by atoms with Gasteiger partial charge in [-0.2, -0.15) is 0 Å². The van der Waals surface area contributed by atoms with Gasteiger partial charge in [-0.15, -0.1) is 6.58 Å². The van der Waals surface area contributed by atoms with Crippen LogP contribution in [0.25, 0.3) is 0 Å². The van der Waals surface area contributed by atoms with Gasteiger partial charge in [-0.3, -0.25) is 0 Å². The summed E-state index contributed by atoms with van der Waals surface area (Å²) in [6.07, 6.45) is -1.47. The lowest BCUT2D eigenvalue weighted by Gasteiger charge is -2.50. The third-order valence-corrected chi connectivity index (χ3v) is 6.25. The lowest BCUT2D eigenvalue weighted by Crippen LogP contribution is -2.67. The van der Waals surface area contributed by atoms with Crippen molar-refractivity contribution in [3.63, 3.8) is 0 Å². The second kappa shape index (κ2) is 12.9. The first kappa shape index (κ1) is 26.2. The van der Waals surface area contributed by atoms with E-state index in [1.54, 1.807) is 6.08 Å². The molecule has 1 aliphatic rings. The van der Waals surface area contributed by atoms with Gasteiger partial charge in [0.15, 0.2) is 5.79 Å². The fourth-order valence-corrected chi connectivity index (χ4v) is 4.45. The van der Waals surface area contributed by atoms with Crippen molar-refractivity contribution in [3.8, 4) is 0 Å². The molecule has 0 aromatic heterocycles. The molecule has 6 nitrogen and oxygen atoms in total. The molecule has 36 heavy (non-hydrogen) atoms. The fourth-order valence-electron chi connectivity index (χ4n) is 4.45. The second-order valence-corrected chi connectivity index (χ2v) is 8.92. The summed E-state index contributed by atoms with van der Waals surface area (Å²) >= 11 is 0. The minimum atomic E-state index is -1.75. The fraction of sp³-hybridized carbons (Fsp3) is 0.333. The Bertz CT molecular complexity index is 1040. The van der Waals surface area contributed by atoms with Crippen molar-refractivity contribution in [2.75, 3.05) is 6.61 Å². The highest BCUT2D eigenvalue weighted by atomic mass is 16.7. The van der Waals surface area contributed by atoms with Crippen molar-refractivity contribution in [3.05, 3.63) is 120 Å². The predicted octanol–water partition coefficient (Wildman–Crippen LogP) is 4.40. The Kier molecular flexibility index (Phi) is 9.41. The molecule has 1 unspecified atom stereocenters. The number of aliphatic hydroxyl groups excluding tert-OH is 1. The maximum absolute atomic E-state index is 11.6. The first-order valence-corrected chi connectivity index (χ1v) is 12.2. The van der Waals surface area contributed by atoms with Crippen LogP contribution in [0.2, 0.25) is 0 Å². The smallest absolute Gasteiger partial charge is 0.198 e. The van der Waals surface area contributed by atoms with Crippen LogP contribution in [0, 0.1) is 0 Å². The summed E-state index contributed by atoms with van der Waals surface area (Å²) in [6.45, 7) is 4.26. The Morgan fingerprint density at radius 1 is 0.722 bits per heavy atom. The van der Waals surface area contributed by atoms with Gasteiger partial charge in [0.25, 0.3) is 0 Å². The van der Waals surface area contributed by atoms with Crippen molar-refractivity contribution in [1.29, 1.82) is 0 Å². The lowest BCUT2D eigenvalue weighted by molar-refractivity contribution is -0.368. The first-order chi connectivity index (χ1) is 17.6. The molecular formula is C30H34O6. The van der Waals surface area contributed by atoms with Crippen molar-refractivity contribution in [1.82, 2.24) is 0 Å². The molecule has 4 rings (SSSR count). The van der Waals surface area contributed by atoms with Crippen LogP contribution in [-0.2, 0) is 38.8 Å². The van der Waals surface area contributed by atoms with Crippen LogP contribution < -0.4 is 0 Å². The Labute approximate surface area is 212 Å². The molecule has 2 N–H and O–H groups in total. The van der Waals surface area contributed by atoms with E-state index in [1.807, 2.05) is 91.0 Å². The minimum Gasteiger partial charge on any atom is -0.394 e. The van der Waals surface area contributed by atoms with Crippen LogP contribution in [0.3, 0.4) is 0 Å². The normalized spacial score (nSPS) is 25.9. The van der Waals surface area contributed by atoms with E-state index in [2.05, 4.69) is 6.58 Å². The summed E-state index contributed by atoms with van der Waals surface area (Å²) < 4.78 is 25.1. The molecule has 0 amide bonds. The maximum atomic E-state index is 11.6. The molecule has 1 fully saturated rings. The number of aliphatic hydroxyl groups is 2. The van der Waals surface area contributed by atoms with E-state index in [4.69, 9.17) is 18.9 Å². The van der Waals surface area contributed by atoms with Gasteiger partial charge in [0.1, 0.15) is 24.4 Å². The summed E-state index contributed by atoms with van der Waals surface area (Å²) in [6, 6.07) is 29.2. The number of benzene rings is 3. The summed E-state index contributed by atoms with van der Waals surface area (Å²) in [5.41, 5.74) is 2.90. The summed E-state index contributed by atoms with van der Waals surface area (Å²) in [7, 11) is 0. The van der Waals surface area contributed by atoms with E-state index >= 15 is 0 Å². The number of rotatable bonds is 12. The molecule has 0 radical (unpaired) electrons. The van der Waals surface area contributed by atoms with Crippen LogP contribution in [0.15, 0.2) is 104 Å². The molecule has 0 spiro atoms. The number of hydrogen-bond acceptors (Lipinski definition) is 6. The van der Waals surface area contributed by atoms with E-state index in [1.165, 1.54) is 0 Å². The van der Waals surface area contributed by atoms with Crippen LogP contribution in [-0.4, -0.2) is 47.0 Å². The van der Waals surface area contributed by atoms with Gasteiger partial charge in [-0.05, 0) is 16.7 Å². The quantitative estimate of drug-likeness (QED) is 0.367. The van der Waals surface area contributed by atoms with Crippen LogP contribution in [0.4, 0.5) is 0 Å². The molecule has 1 heterocycles. The van der Waals surface area contributed by atoms with Gasteiger partial charge < -0.3 is 29.2 Å². The van der Waals surface area contributed by atoms with Gasteiger partial charge in [-0.1, -0.05) is 97.1 Å². The molecular weight excluding hydrogens is 456 g/mol. The van der Waals surface area contributed by atoms with Gasteiger partial charge in [-0.25, -0.2) is 0 Å². The summed E-state index contributed by atoms with van der Waals surface area (Å²) in [5.74, 6) is -1.75. The third-order valence-electron chi connectivity index (χ3n) is 6.25. The molecule has 5 atom stereocenters. The Morgan fingerprint density at radius 3 is 1.61 bits per heavy atom. The average molecular weight is 491 g/mol. The first-order valence-electron chi connectivity index (χ1n) is 12.2. The highest BCUT2D eigenvalue weighted by Crippen LogP contribution is 2.37. The molecule has 1 aliphatic heterocycles. The van der Waals surface area contributed by atoms with Crippen LogP contribution in [0.5, 0.6) is 0 Å². The molecule has 190 valence electrons. The van der Waals surface area contributed by atoms with Gasteiger partial charge in [0.2, 0.25) is 0 Å². The molecule has 3 aromatic rings. The molecule has 1 saturated heterocycles. The maximum Gasteiger partial charge on any atom is 0.198 e. The molecule has 0 aliphatic carbocycles. The summed E-state index contributed by atoms with van der Waals surface area (Å²) in [4.78, 5) is 0.